The predicted molar refractivity (Wildman–Crippen MR) is 50.5 cm³/mol. The van der Waals surface area contributed by atoms with Gasteiger partial charge in [0.05, 0.1) is 4.92 Å². The third kappa shape index (κ3) is 2.29. The molecule has 0 spiro atoms. The Hall–Kier alpha value is -1.96. The largest absolute Gasteiger partial charge is 0.307 e. The van der Waals surface area contributed by atoms with Crippen LogP contribution in [0.25, 0.3) is 0 Å². The van der Waals surface area contributed by atoms with Gasteiger partial charge in [-0.15, -0.1) is 0 Å². The molecular formula is C7H11N5O3. The number of hydrogen-bond acceptors (Lipinski definition) is 5. The SMILES string of the molecule is CCC(C(=O)NN)n1cc([N+](=O)[O-])cn1. The molecule has 0 radical (unpaired) electrons. The first kappa shape index (κ1) is 11.1. The average molecular weight is 213 g/mol. The van der Waals surface area contributed by atoms with Crippen LogP contribution in [0.4, 0.5) is 5.69 Å². The zero-order valence-corrected chi connectivity index (χ0v) is 8.08. The molecule has 1 rings (SSSR count). The summed E-state index contributed by atoms with van der Waals surface area (Å²) in [5, 5.41) is 14.1. The highest BCUT2D eigenvalue weighted by Gasteiger charge is 2.20. The van der Waals surface area contributed by atoms with Crippen LogP contribution in [0.15, 0.2) is 12.4 Å². The first-order valence-electron chi connectivity index (χ1n) is 4.29. The normalized spacial score (nSPS) is 12.1. The molecule has 0 saturated carbocycles. The number of rotatable bonds is 4. The first-order valence-corrected chi connectivity index (χ1v) is 4.29. The number of hydrogen-bond donors (Lipinski definition) is 2. The van der Waals surface area contributed by atoms with Crippen molar-refractivity contribution in [3.63, 3.8) is 0 Å². The molecule has 0 bridgehead atoms. The van der Waals surface area contributed by atoms with Crippen LogP contribution in [0, 0.1) is 10.1 Å². The Morgan fingerprint density at radius 2 is 2.53 bits per heavy atom. The highest BCUT2D eigenvalue weighted by molar-refractivity contribution is 5.79. The second-order valence-corrected chi connectivity index (χ2v) is 2.87. The summed E-state index contributed by atoms with van der Waals surface area (Å²) >= 11 is 0. The summed E-state index contributed by atoms with van der Waals surface area (Å²) in [5.41, 5.74) is 1.83. The summed E-state index contributed by atoms with van der Waals surface area (Å²) in [4.78, 5) is 21.1. The summed E-state index contributed by atoms with van der Waals surface area (Å²) in [6.45, 7) is 1.76. The van der Waals surface area contributed by atoms with Crippen molar-refractivity contribution < 1.29 is 9.72 Å². The highest BCUT2D eigenvalue weighted by atomic mass is 16.6. The second kappa shape index (κ2) is 4.51. The monoisotopic (exact) mass is 213 g/mol. The van der Waals surface area contributed by atoms with E-state index in [4.69, 9.17) is 5.84 Å². The van der Waals surface area contributed by atoms with Gasteiger partial charge in [0, 0.05) is 0 Å². The van der Waals surface area contributed by atoms with Gasteiger partial charge < -0.3 is 0 Å². The Balaban J connectivity index is 2.92. The lowest BCUT2D eigenvalue weighted by Gasteiger charge is -2.12. The summed E-state index contributed by atoms with van der Waals surface area (Å²) in [7, 11) is 0. The van der Waals surface area contributed by atoms with Gasteiger partial charge in [-0.3, -0.25) is 25.0 Å². The maximum Gasteiger partial charge on any atom is 0.307 e. The van der Waals surface area contributed by atoms with Crippen molar-refractivity contribution in [2.24, 2.45) is 5.84 Å². The zero-order valence-electron chi connectivity index (χ0n) is 8.08. The Morgan fingerprint density at radius 3 is 2.93 bits per heavy atom. The zero-order chi connectivity index (χ0) is 11.4. The summed E-state index contributed by atoms with van der Waals surface area (Å²) in [6.07, 6.45) is 2.73. The molecule has 82 valence electrons. The Morgan fingerprint density at radius 1 is 1.87 bits per heavy atom. The minimum Gasteiger partial charge on any atom is -0.292 e. The van der Waals surface area contributed by atoms with Gasteiger partial charge in [0.1, 0.15) is 18.4 Å². The van der Waals surface area contributed by atoms with Crippen LogP contribution in [0.2, 0.25) is 0 Å². The van der Waals surface area contributed by atoms with E-state index >= 15 is 0 Å². The van der Waals surface area contributed by atoms with Crippen LogP contribution in [-0.4, -0.2) is 20.6 Å². The van der Waals surface area contributed by atoms with Crippen molar-refractivity contribution in [1.29, 1.82) is 0 Å². The topological polar surface area (TPSA) is 116 Å². The van der Waals surface area contributed by atoms with Crippen LogP contribution in [0.5, 0.6) is 0 Å². The van der Waals surface area contributed by atoms with Crippen molar-refractivity contribution in [3.8, 4) is 0 Å². The quantitative estimate of drug-likeness (QED) is 0.309. The molecule has 0 saturated heterocycles. The predicted octanol–water partition coefficient (Wildman–Crippen LogP) is -0.268. The molecule has 1 aromatic heterocycles. The van der Waals surface area contributed by atoms with E-state index in [0.29, 0.717) is 6.42 Å². The van der Waals surface area contributed by atoms with Crippen molar-refractivity contribution in [3.05, 3.63) is 22.5 Å². The number of aromatic nitrogens is 2. The van der Waals surface area contributed by atoms with Gasteiger partial charge in [-0.05, 0) is 6.42 Å². The van der Waals surface area contributed by atoms with E-state index in [1.165, 1.54) is 10.9 Å². The maximum atomic E-state index is 11.3. The molecule has 8 heteroatoms. The van der Waals surface area contributed by atoms with Crippen molar-refractivity contribution in [1.82, 2.24) is 15.2 Å². The third-order valence-electron chi connectivity index (χ3n) is 1.95. The van der Waals surface area contributed by atoms with Crippen molar-refractivity contribution in [2.75, 3.05) is 0 Å². The molecular weight excluding hydrogens is 202 g/mol. The van der Waals surface area contributed by atoms with Gasteiger partial charge in [-0.1, -0.05) is 6.92 Å². The molecule has 1 unspecified atom stereocenters. The summed E-state index contributed by atoms with van der Waals surface area (Å²) in [5.74, 6) is 4.54. The van der Waals surface area contributed by atoms with Crippen molar-refractivity contribution >= 4 is 11.6 Å². The molecule has 0 aliphatic rings. The number of nitrogens with one attached hydrogen (secondary N) is 1. The van der Waals surface area contributed by atoms with E-state index in [2.05, 4.69) is 5.10 Å². The molecule has 8 nitrogen and oxygen atoms in total. The Bertz CT molecular complexity index is 374. The van der Waals surface area contributed by atoms with Crippen LogP contribution >= 0.6 is 0 Å². The van der Waals surface area contributed by atoms with Crippen LogP contribution in [0.1, 0.15) is 19.4 Å². The molecule has 15 heavy (non-hydrogen) atoms. The lowest BCUT2D eigenvalue weighted by Crippen LogP contribution is -2.37. The Kier molecular flexibility index (Phi) is 3.34. The molecule has 3 N–H and O–H groups in total. The molecule has 1 heterocycles. The smallest absolute Gasteiger partial charge is 0.292 e. The number of hydrazine groups is 1. The van der Waals surface area contributed by atoms with E-state index in [1.54, 1.807) is 6.92 Å². The number of nitro groups is 1. The van der Waals surface area contributed by atoms with Gasteiger partial charge in [-0.2, -0.15) is 5.10 Å². The van der Waals surface area contributed by atoms with Gasteiger partial charge in [0.2, 0.25) is 0 Å². The van der Waals surface area contributed by atoms with Gasteiger partial charge in [0.15, 0.2) is 0 Å². The first-order chi connectivity index (χ1) is 7.10. The molecule has 1 atom stereocenters. The second-order valence-electron chi connectivity index (χ2n) is 2.87. The minimum atomic E-state index is -0.622. The highest BCUT2D eigenvalue weighted by Crippen LogP contribution is 2.15. The van der Waals surface area contributed by atoms with Crippen LogP contribution in [-0.2, 0) is 4.79 Å². The van der Waals surface area contributed by atoms with Crippen LogP contribution in [0.3, 0.4) is 0 Å². The molecule has 0 fully saturated rings. The lowest BCUT2D eigenvalue weighted by molar-refractivity contribution is -0.385. The molecule has 0 aromatic carbocycles. The average Bonchev–Trinajstić information content (AvgIpc) is 2.68. The van der Waals surface area contributed by atoms with Gasteiger partial charge in [0.25, 0.3) is 5.91 Å². The fourth-order valence-electron chi connectivity index (χ4n) is 1.18. The van der Waals surface area contributed by atoms with Gasteiger partial charge >= 0.3 is 5.69 Å². The van der Waals surface area contributed by atoms with E-state index in [1.807, 2.05) is 5.43 Å². The molecule has 0 aliphatic heterocycles. The molecule has 1 amide bonds. The van der Waals surface area contributed by atoms with E-state index in [9.17, 15) is 14.9 Å². The minimum absolute atomic E-state index is 0.154. The van der Waals surface area contributed by atoms with E-state index < -0.39 is 16.9 Å². The maximum absolute atomic E-state index is 11.3. The fraction of sp³-hybridized carbons (Fsp3) is 0.429. The molecule has 0 aliphatic carbocycles. The van der Waals surface area contributed by atoms with E-state index in [-0.39, 0.29) is 5.69 Å². The standard InChI is InChI=1S/C7H11N5O3/c1-2-6(7(13)10-8)11-4-5(3-9-11)12(14)15/h3-4,6H,2,8H2,1H3,(H,10,13). The summed E-state index contributed by atoms with van der Waals surface area (Å²) < 4.78 is 1.22. The van der Waals surface area contributed by atoms with Crippen LogP contribution < -0.4 is 11.3 Å². The fourth-order valence-corrected chi connectivity index (χ4v) is 1.18. The van der Waals surface area contributed by atoms with Crippen molar-refractivity contribution in [2.45, 2.75) is 19.4 Å². The number of nitrogens with two attached hydrogens (primary N) is 1. The van der Waals surface area contributed by atoms with E-state index in [0.717, 1.165) is 6.20 Å². The Labute approximate surface area is 85.2 Å². The number of carbonyl (C=O) groups excluding carboxylic acids is 1. The lowest BCUT2D eigenvalue weighted by atomic mass is 10.2. The third-order valence-corrected chi connectivity index (χ3v) is 1.95. The number of amides is 1. The molecule has 1 aromatic rings. The summed E-state index contributed by atoms with van der Waals surface area (Å²) in [6, 6.07) is -0.622. The van der Waals surface area contributed by atoms with Gasteiger partial charge in [-0.25, -0.2) is 5.84 Å². The number of carbonyl (C=O) groups is 1. The number of nitrogens with zero attached hydrogens (tertiary/aromatic N) is 3.